The summed E-state index contributed by atoms with van der Waals surface area (Å²) in [7, 11) is -3.39. The van der Waals surface area contributed by atoms with E-state index in [2.05, 4.69) is 14.8 Å². The van der Waals surface area contributed by atoms with Gasteiger partial charge in [-0.1, -0.05) is 43.8 Å². The molecule has 12 nitrogen and oxygen atoms in total. The van der Waals surface area contributed by atoms with E-state index >= 15 is 0 Å². The maximum absolute atomic E-state index is 14.0. The van der Waals surface area contributed by atoms with E-state index in [0.29, 0.717) is 0 Å². The van der Waals surface area contributed by atoms with Gasteiger partial charge in [0.15, 0.2) is 11.6 Å². The molecule has 230 valence electrons. The number of carbonyl (C=O) groups is 2. The number of aryl methyl sites for hydroxylation is 1. The first-order valence-electron chi connectivity index (χ1n) is 12.4. The number of phosphoric acid groups is 1. The van der Waals surface area contributed by atoms with Crippen molar-refractivity contribution < 1.29 is 51.8 Å². The maximum Gasteiger partial charge on any atom is 0.469 e. The van der Waals surface area contributed by atoms with Crippen LogP contribution >= 0.6 is 7.82 Å². The van der Waals surface area contributed by atoms with Gasteiger partial charge in [0.05, 0.1) is 25.9 Å². The molecule has 0 bridgehead atoms. The number of ether oxygens (including phenoxy) is 2. The third-order valence-electron chi connectivity index (χ3n) is 5.90. The number of aliphatic hydroxyl groups excluding tert-OH is 1. The second kappa shape index (κ2) is 16.2. The van der Waals surface area contributed by atoms with Gasteiger partial charge >= 0.3 is 13.9 Å². The third-order valence-corrected chi connectivity index (χ3v) is 6.39. The fourth-order valence-corrected chi connectivity index (χ4v) is 4.04. The van der Waals surface area contributed by atoms with Crippen LogP contribution in [0.1, 0.15) is 19.4 Å². The van der Waals surface area contributed by atoms with Gasteiger partial charge in [0.25, 0.3) is 0 Å². The molecule has 42 heavy (non-hydrogen) atoms. The number of fused-ring (bicyclic) bond motifs is 1. The van der Waals surface area contributed by atoms with Crippen molar-refractivity contribution in [2.24, 2.45) is 0 Å². The number of anilines is 1. The van der Waals surface area contributed by atoms with E-state index in [-0.39, 0.29) is 44.9 Å². The molecule has 0 unspecified atom stereocenters. The minimum atomic E-state index is -4.79. The number of rotatable bonds is 14. The van der Waals surface area contributed by atoms with E-state index in [1.807, 2.05) is 24.3 Å². The molecule has 2 amide bonds. The number of likely N-dealkylation sites (N-methyl/N-ethyl adjacent to an activating group) is 1. The number of halogens is 2. The number of aliphatic hydroxyl groups is 1. The van der Waals surface area contributed by atoms with Gasteiger partial charge < -0.3 is 29.3 Å². The summed E-state index contributed by atoms with van der Waals surface area (Å²) < 4.78 is 53.2. The van der Waals surface area contributed by atoms with E-state index in [1.54, 1.807) is 12.3 Å². The monoisotopic (exact) mass is 613 g/mol. The molecule has 0 aliphatic carbocycles. The van der Waals surface area contributed by atoms with Crippen LogP contribution in [0.5, 0.6) is 0 Å². The van der Waals surface area contributed by atoms with Gasteiger partial charge in [-0.05, 0) is 29.5 Å². The van der Waals surface area contributed by atoms with Crippen molar-refractivity contribution in [1.82, 2.24) is 9.88 Å². The van der Waals surface area contributed by atoms with Gasteiger partial charge in [0.1, 0.15) is 18.5 Å². The Labute approximate surface area is 241 Å². The number of aromatic nitrogens is 1. The number of benzene rings is 2. The van der Waals surface area contributed by atoms with E-state index in [9.17, 15) is 28.0 Å². The third kappa shape index (κ3) is 11.0. The average Bonchev–Trinajstić information content (AvgIpc) is 2.93. The minimum absolute atomic E-state index is 0. The summed E-state index contributed by atoms with van der Waals surface area (Å²) in [5.41, 5.74) is 0.0197. The topological polar surface area (TPSA) is 168 Å². The van der Waals surface area contributed by atoms with Crippen LogP contribution in [-0.2, 0) is 29.8 Å². The Bertz CT molecular complexity index is 1390. The predicted molar refractivity (Wildman–Crippen MR) is 150 cm³/mol. The lowest BCUT2D eigenvalue weighted by molar-refractivity contribution is -0.134. The number of phosphoric ester groups is 1. The number of carbonyl (C=O) groups excluding carboxylic acids is 2. The molecule has 0 saturated heterocycles. The first kappa shape index (κ1) is 34.7. The summed E-state index contributed by atoms with van der Waals surface area (Å²) in [5.74, 6) is -2.34. The Hall–Kier alpha value is -3.52. The fourth-order valence-electron chi connectivity index (χ4n) is 3.67. The average molecular weight is 614 g/mol. The van der Waals surface area contributed by atoms with Crippen molar-refractivity contribution in [3.05, 3.63) is 71.9 Å². The summed E-state index contributed by atoms with van der Waals surface area (Å²) in [6, 6.07) is 11.8. The maximum atomic E-state index is 14.0. The molecule has 4 N–H and O–H groups in total. The molecule has 0 fully saturated rings. The molecular formula is C27H34F2N3O9P. The normalized spacial score (nSPS) is 12.7. The van der Waals surface area contributed by atoms with Gasteiger partial charge in [0.2, 0.25) is 5.91 Å². The van der Waals surface area contributed by atoms with Gasteiger partial charge in [0, 0.05) is 25.1 Å². The molecule has 0 aliphatic rings. The zero-order valence-electron chi connectivity index (χ0n) is 22.0. The molecule has 3 aromatic rings. The Morgan fingerprint density at radius 1 is 1.05 bits per heavy atom. The SMILES string of the molecule is C.CN(C(=O)CCc1cccc(F)c1F)[C@@H](COC[C@H](O)COP(=O)(O)O)COC(=O)Nc1cc2ccccc2cn1. The molecule has 3 rings (SSSR count). The zero-order valence-corrected chi connectivity index (χ0v) is 22.9. The van der Waals surface area contributed by atoms with Crippen LogP contribution in [0.4, 0.5) is 19.4 Å². The van der Waals surface area contributed by atoms with Crippen LogP contribution < -0.4 is 5.32 Å². The van der Waals surface area contributed by atoms with Crippen molar-refractivity contribution in [3.63, 3.8) is 0 Å². The zero-order chi connectivity index (χ0) is 30.0. The highest BCUT2D eigenvalue weighted by atomic mass is 31.2. The first-order valence-corrected chi connectivity index (χ1v) is 13.9. The highest BCUT2D eigenvalue weighted by Gasteiger charge is 2.24. The molecule has 0 radical (unpaired) electrons. The molecule has 2 atom stereocenters. The van der Waals surface area contributed by atoms with E-state index in [4.69, 9.17) is 19.3 Å². The summed E-state index contributed by atoms with van der Waals surface area (Å²) >= 11 is 0. The standard InChI is InChI=1S/C26H30F2N3O9P.CH4/c1-31(24(33)10-9-17-7-4-8-22(27)25(17)28)20(13-38-15-21(32)16-40-41(35,36)37)14-39-26(34)30-23-11-18-5-2-3-6-19(18)12-29-23;/h2-8,11-12,20-21,32H,9-10,13-16H2,1H3,(H,29,30,34)(H2,35,36,37);1H4/t20-,21-;/m0./s1. The fraction of sp³-hybridized carbons (Fsp3) is 0.370. The number of hydrogen-bond acceptors (Lipinski definition) is 8. The van der Waals surface area contributed by atoms with Crippen molar-refractivity contribution in [2.45, 2.75) is 32.4 Å². The van der Waals surface area contributed by atoms with Crippen molar-refractivity contribution in [3.8, 4) is 0 Å². The number of nitrogens with zero attached hydrogens (tertiary/aromatic N) is 2. The van der Waals surface area contributed by atoms with E-state index in [0.717, 1.165) is 16.8 Å². The first-order chi connectivity index (χ1) is 19.4. The van der Waals surface area contributed by atoms with Crippen molar-refractivity contribution in [1.29, 1.82) is 0 Å². The van der Waals surface area contributed by atoms with E-state index < -0.39 is 56.8 Å². The molecule has 1 aromatic heterocycles. The van der Waals surface area contributed by atoms with Gasteiger partial charge in [-0.3, -0.25) is 14.6 Å². The number of amides is 2. The second-order valence-corrected chi connectivity index (χ2v) is 10.2. The molecular weight excluding hydrogens is 579 g/mol. The van der Waals surface area contributed by atoms with Gasteiger partial charge in [-0.2, -0.15) is 0 Å². The summed E-state index contributed by atoms with van der Waals surface area (Å²) in [4.78, 5) is 48.2. The molecule has 1 heterocycles. The Morgan fingerprint density at radius 3 is 2.48 bits per heavy atom. The van der Waals surface area contributed by atoms with Gasteiger partial charge in [-0.25, -0.2) is 23.1 Å². The summed E-state index contributed by atoms with van der Waals surface area (Å²) in [5, 5.41) is 14.1. The molecule has 15 heteroatoms. The van der Waals surface area contributed by atoms with E-state index in [1.165, 1.54) is 24.1 Å². The van der Waals surface area contributed by atoms with Crippen LogP contribution in [0.2, 0.25) is 0 Å². The molecule has 0 aliphatic heterocycles. The Morgan fingerprint density at radius 2 is 1.76 bits per heavy atom. The lowest BCUT2D eigenvalue weighted by atomic mass is 10.1. The number of hydrogen-bond donors (Lipinski definition) is 4. The Balaban J connectivity index is 0.00000616. The second-order valence-electron chi connectivity index (χ2n) is 8.99. The molecule has 0 spiro atoms. The lowest BCUT2D eigenvalue weighted by Crippen LogP contribution is -2.44. The molecule has 2 aromatic carbocycles. The quantitative estimate of drug-likeness (QED) is 0.197. The lowest BCUT2D eigenvalue weighted by Gasteiger charge is -2.28. The minimum Gasteiger partial charge on any atom is -0.447 e. The molecule has 0 saturated carbocycles. The van der Waals surface area contributed by atoms with Crippen LogP contribution in [0.3, 0.4) is 0 Å². The predicted octanol–water partition coefficient (Wildman–Crippen LogP) is 3.64. The van der Waals surface area contributed by atoms with Crippen LogP contribution in [0.25, 0.3) is 10.8 Å². The van der Waals surface area contributed by atoms with Crippen molar-refractivity contribution in [2.75, 3.05) is 38.8 Å². The van der Waals surface area contributed by atoms with Crippen molar-refractivity contribution >= 4 is 36.4 Å². The van der Waals surface area contributed by atoms with Gasteiger partial charge in [-0.15, -0.1) is 0 Å². The summed E-state index contributed by atoms with van der Waals surface area (Å²) in [6.45, 7) is -1.74. The highest BCUT2D eigenvalue weighted by molar-refractivity contribution is 7.46. The smallest absolute Gasteiger partial charge is 0.447 e. The Kier molecular flexibility index (Phi) is 13.4. The number of pyridine rings is 1. The highest BCUT2D eigenvalue weighted by Crippen LogP contribution is 2.35. The van der Waals surface area contributed by atoms with Crippen LogP contribution in [-0.4, -0.2) is 82.4 Å². The summed E-state index contributed by atoms with van der Waals surface area (Å²) in [6.07, 6.45) is -0.969. The van der Waals surface area contributed by atoms with Crippen LogP contribution in [0.15, 0.2) is 54.7 Å². The number of nitrogens with one attached hydrogen (secondary N) is 1. The largest absolute Gasteiger partial charge is 0.469 e. The van der Waals surface area contributed by atoms with Crippen LogP contribution in [0, 0.1) is 11.6 Å².